The maximum Gasteiger partial charge on any atom is 0.257 e. The Balaban J connectivity index is 2.09. The van der Waals surface area contributed by atoms with E-state index >= 15 is 0 Å². The summed E-state index contributed by atoms with van der Waals surface area (Å²) in [6, 6.07) is 8.72. The second-order valence-corrected chi connectivity index (χ2v) is 7.34. The Morgan fingerprint density at radius 1 is 1.09 bits per heavy atom. The number of nitrogens with one attached hydrogen (secondary N) is 2. The molecule has 0 aliphatic carbocycles. The average molecular weight is 479 g/mol. The summed E-state index contributed by atoms with van der Waals surface area (Å²) < 4.78 is 1.18. The summed E-state index contributed by atoms with van der Waals surface area (Å²) in [6.07, 6.45) is 0. The van der Waals surface area contributed by atoms with Crippen LogP contribution in [0.4, 0.5) is 5.69 Å². The summed E-state index contributed by atoms with van der Waals surface area (Å²) in [5.74, 6) is -0.346. The molecule has 2 aromatic rings. The van der Waals surface area contributed by atoms with Crippen LogP contribution in [0.25, 0.3) is 0 Å². The summed E-state index contributed by atoms with van der Waals surface area (Å²) in [5.41, 5.74) is 3.44. The molecule has 1 amide bonds. The van der Waals surface area contributed by atoms with Crippen LogP contribution in [0.5, 0.6) is 0 Å². The van der Waals surface area contributed by atoms with Crippen molar-refractivity contribution in [3.8, 4) is 0 Å². The summed E-state index contributed by atoms with van der Waals surface area (Å²) >= 11 is 19.2. The predicted molar refractivity (Wildman–Crippen MR) is 109 cm³/mol. The third-order valence-corrected chi connectivity index (χ3v) is 5.27. The van der Waals surface area contributed by atoms with Crippen molar-refractivity contribution in [3.63, 3.8) is 0 Å². The van der Waals surface area contributed by atoms with Crippen LogP contribution in [0.3, 0.4) is 0 Å². The third-order valence-electron chi connectivity index (χ3n) is 3.16. The van der Waals surface area contributed by atoms with Gasteiger partial charge in [0.15, 0.2) is 5.11 Å². The van der Waals surface area contributed by atoms with Crippen LogP contribution in [0.1, 0.15) is 21.5 Å². The fourth-order valence-electron chi connectivity index (χ4n) is 1.88. The van der Waals surface area contributed by atoms with Crippen molar-refractivity contribution in [2.45, 2.75) is 13.8 Å². The van der Waals surface area contributed by atoms with E-state index in [-0.39, 0.29) is 11.0 Å². The quantitative estimate of drug-likeness (QED) is 0.452. The molecule has 0 unspecified atom stereocenters. The van der Waals surface area contributed by atoms with Gasteiger partial charge in [-0.25, -0.2) is 0 Å². The van der Waals surface area contributed by atoms with Gasteiger partial charge >= 0.3 is 0 Å². The molecule has 0 fully saturated rings. The first-order chi connectivity index (χ1) is 10.8. The Bertz CT molecular complexity index is 796. The monoisotopic (exact) mass is 478 g/mol. The fraction of sp³-hybridized carbons (Fsp3) is 0.125. The second kappa shape index (κ2) is 7.79. The standard InChI is InChI=1S/C16H13Cl2IN2OS/c1-8-6-14(9(2)5-13(8)19)20-16(23)21-15(22)10-3-4-11(17)12(18)7-10/h3-7H,1-2H3,(H2,20,21,22,23). The van der Waals surface area contributed by atoms with Gasteiger partial charge in [-0.15, -0.1) is 0 Å². The van der Waals surface area contributed by atoms with Crippen LogP contribution in [-0.2, 0) is 0 Å². The van der Waals surface area contributed by atoms with E-state index < -0.39 is 0 Å². The molecule has 23 heavy (non-hydrogen) atoms. The number of carbonyl (C=O) groups is 1. The minimum absolute atomic E-state index is 0.227. The highest BCUT2D eigenvalue weighted by atomic mass is 127. The first-order valence-electron chi connectivity index (χ1n) is 6.62. The lowest BCUT2D eigenvalue weighted by Crippen LogP contribution is -2.34. The van der Waals surface area contributed by atoms with Crippen LogP contribution in [-0.4, -0.2) is 11.0 Å². The molecule has 0 aliphatic heterocycles. The average Bonchev–Trinajstić information content (AvgIpc) is 2.47. The maximum absolute atomic E-state index is 12.2. The van der Waals surface area contributed by atoms with Crippen LogP contribution >= 0.6 is 58.0 Å². The molecule has 0 radical (unpaired) electrons. The van der Waals surface area contributed by atoms with Gasteiger partial charge in [0, 0.05) is 14.8 Å². The van der Waals surface area contributed by atoms with Crippen LogP contribution in [0.2, 0.25) is 10.0 Å². The molecule has 2 aromatic carbocycles. The van der Waals surface area contributed by atoms with Crippen molar-refractivity contribution in [3.05, 3.63) is 60.6 Å². The Morgan fingerprint density at radius 3 is 2.43 bits per heavy atom. The number of anilines is 1. The lowest BCUT2D eigenvalue weighted by atomic mass is 10.1. The van der Waals surface area contributed by atoms with E-state index in [1.807, 2.05) is 19.9 Å². The third kappa shape index (κ3) is 4.79. The second-order valence-electron chi connectivity index (χ2n) is 4.95. The van der Waals surface area contributed by atoms with Crippen molar-refractivity contribution in [1.29, 1.82) is 0 Å². The molecule has 2 N–H and O–H groups in total. The Kier molecular flexibility index (Phi) is 6.25. The van der Waals surface area contributed by atoms with Crippen LogP contribution in [0.15, 0.2) is 30.3 Å². The van der Waals surface area contributed by atoms with Crippen molar-refractivity contribution in [1.82, 2.24) is 5.32 Å². The predicted octanol–water partition coefficient (Wildman–Crippen LogP) is 5.34. The van der Waals surface area contributed by atoms with Gasteiger partial charge in [-0.05, 0) is 90.1 Å². The zero-order valence-corrected chi connectivity index (χ0v) is 16.8. The first kappa shape index (κ1) is 18.4. The molecule has 0 heterocycles. The van der Waals surface area contributed by atoms with E-state index in [4.69, 9.17) is 35.4 Å². The zero-order chi connectivity index (χ0) is 17.1. The van der Waals surface area contributed by atoms with Gasteiger partial charge in [-0.1, -0.05) is 23.2 Å². The SMILES string of the molecule is Cc1cc(NC(=S)NC(=O)c2ccc(Cl)c(Cl)c2)c(C)cc1I. The molecule has 0 saturated carbocycles. The van der Waals surface area contributed by atoms with Crippen molar-refractivity contribution in [2.24, 2.45) is 0 Å². The lowest BCUT2D eigenvalue weighted by molar-refractivity contribution is 0.0977. The molecule has 0 aromatic heterocycles. The molecule has 3 nitrogen and oxygen atoms in total. The largest absolute Gasteiger partial charge is 0.332 e. The minimum Gasteiger partial charge on any atom is -0.332 e. The molecule has 0 atom stereocenters. The van der Waals surface area contributed by atoms with Gasteiger partial charge in [0.1, 0.15) is 0 Å². The number of thiocarbonyl (C=S) groups is 1. The van der Waals surface area contributed by atoms with Crippen LogP contribution < -0.4 is 10.6 Å². The van der Waals surface area contributed by atoms with Gasteiger partial charge in [-0.3, -0.25) is 10.1 Å². The normalized spacial score (nSPS) is 10.3. The van der Waals surface area contributed by atoms with Gasteiger partial charge in [0.05, 0.1) is 10.0 Å². The molecule has 7 heteroatoms. The number of rotatable bonds is 2. The molecule has 0 bridgehead atoms. The van der Waals surface area contributed by atoms with Crippen molar-refractivity contribution >= 4 is 74.7 Å². The Hall–Kier alpha value is -0.890. The number of carbonyl (C=O) groups excluding carboxylic acids is 1. The smallest absolute Gasteiger partial charge is 0.257 e. The molecule has 0 aliphatic rings. The summed E-state index contributed by atoms with van der Waals surface area (Å²) in [7, 11) is 0. The summed E-state index contributed by atoms with van der Waals surface area (Å²) in [4.78, 5) is 12.2. The number of halogens is 3. The fourth-order valence-corrected chi connectivity index (χ4v) is 3.01. The van der Waals surface area contributed by atoms with Crippen LogP contribution in [0, 0.1) is 17.4 Å². The van der Waals surface area contributed by atoms with Gasteiger partial charge < -0.3 is 5.32 Å². The molecule has 0 spiro atoms. The number of amides is 1. The molecule has 120 valence electrons. The van der Waals surface area contributed by atoms with E-state index in [2.05, 4.69) is 39.3 Å². The molecule has 0 saturated heterocycles. The Morgan fingerprint density at radius 2 is 1.78 bits per heavy atom. The topological polar surface area (TPSA) is 41.1 Å². The van der Waals surface area contributed by atoms with Crippen molar-refractivity contribution < 1.29 is 4.79 Å². The molecular weight excluding hydrogens is 466 g/mol. The summed E-state index contributed by atoms with van der Waals surface area (Å²) in [5, 5.41) is 6.62. The number of hydrogen-bond donors (Lipinski definition) is 2. The number of hydrogen-bond acceptors (Lipinski definition) is 2. The molecule has 2 rings (SSSR count). The minimum atomic E-state index is -0.346. The number of benzene rings is 2. The van der Waals surface area contributed by atoms with Gasteiger partial charge in [0.25, 0.3) is 5.91 Å². The highest BCUT2D eigenvalue weighted by Gasteiger charge is 2.11. The van der Waals surface area contributed by atoms with E-state index in [0.717, 1.165) is 16.8 Å². The lowest BCUT2D eigenvalue weighted by Gasteiger charge is -2.13. The zero-order valence-electron chi connectivity index (χ0n) is 12.3. The molecular formula is C16H13Cl2IN2OS. The summed E-state index contributed by atoms with van der Waals surface area (Å²) in [6.45, 7) is 4.00. The van der Waals surface area contributed by atoms with Gasteiger partial charge in [-0.2, -0.15) is 0 Å². The van der Waals surface area contributed by atoms with E-state index in [1.165, 1.54) is 9.64 Å². The number of aryl methyl sites for hydroxylation is 2. The highest BCUT2D eigenvalue weighted by Crippen LogP contribution is 2.23. The maximum atomic E-state index is 12.2. The van der Waals surface area contributed by atoms with E-state index in [9.17, 15) is 4.79 Å². The Labute approximate surface area is 163 Å². The van der Waals surface area contributed by atoms with E-state index in [1.54, 1.807) is 12.1 Å². The highest BCUT2D eigenvalue weighted by molar-refractivity contribution is 14.1. The first-order valence-corrected chi connectivity index (χ1v) is 8.86. The van der Waals surface area contributed by atoms with E-state index in [0.29, 0.717) is 15.6 Å². The van der Waals surface area contributed by atoms with Crippen molar-refractivity contribution in [2.75, 3.05) is 5.32 Å². The van der Waals surface area contributed by atoms with Gasteiger partial charge in [0.2, 0.25) is 0 Å².